The molecule has 0 saturated heterocycles. The van der Waals surface area contributed by atoms with Crippen LogP contribution < -0.4 is 0 Å². The third-order valence-electron chi connectivity index (χ3n) is 3.25. The zero-order chi connectivity index (χ0) is 15.6. The Hall–Kier alpha value is -0.160. The van der Waals surface area contributed by atoms with Gasteiger partial charge in [-0.25, -0.2) is 0 Å². The van der Waals surface area contributed by atoms with E-state index in [9.17, 15) is 5.11 Å². The van der Waals surface area contributed by atoms with E-state index >= 15 is 0 Å². The first-order chi connectivity index (χ1) is 9.62. The Balaban J connectivity index is 0. The first-order valence-electron chi connectivity index (χ1n) is 8.20. The van der Waals surface area contributed by atoms with Crippen molar-refractivity contribution in [1.82, 2.24) is 0 Å². The smallest absolute Gasteiger partial charge is 0.0541 e. The molecule has 0 aromatic heterocycles. The minimum absolute atomic E-state index is 0.126. The minimum Gasteiger partial charge on any atom is -0.396 e. The molecule has 0 rings (SSSR count). The van der Waals surface area contributed by atoms with Crippen LogP contribution in [0.4, 0.5) is 0 Å². The van der Waals surface area contributed by atoms with Crippen LogP contribution in [0.15, 0.2) is 0 Å². The van der Waals surface area contributed by atoms with Gasteiger partial charge >= 0.3 is 0 Å². The average Bonchev–Trinajstić information content (AvgIpc) is 2.47. The van der Waals surface area contributed by atoms with Crippen LogP contribution in [0.25, 0.3) is 0 Å². The number of aliphatic hydroxyl groups is 4. The molecule has 0 bridgehead atoms. The molecule has 0 aliphatic carbocycles. The van der Waals surface area contributed by atoms with E-state index < -0.39 is 0 Å². The zero-order valence-electron chi connectivity index (χ0n) is 13.4. The third-order valence-corrected chi connectivity index (χ3v) is 3.25. The average molecular weight is 292 g/mol. The van der Waals surface area contributed by atoms with Crippen LogP contribution in [0.3, 0.4) is 0 Å². The van der Waals surface area contributed by atoms with Crippen LogP contribution in [-0.2, 0) is 0 Å². The van der Waals surface area contributed by atoms with Crippen LogP contribution in [0.5, 0.6) is 0 Å². The van der Waals surface area contributed by atoms with Gasteiger partial charge in [0.15, 0.2) is 0 Å². The molecule has 0 saturated carbocycles. The molecule has 2 atom stereocenters. The first-order valence-corrected chi connectivity index (χ1v) is 8.20. The molecule has 0 aromatic carbocycles. The molecule has 4 N–H and O–H groups in total. The van der Waals surface area contributed by atoms with Gasteiger partial charge in [0.05, 0.1) is 12.2 Å². The van der Waals surface area contributed by atoms with Gasteiger partial charge < -0.3 is 20.4 Å². The lowest BCUT2D eigenvalue weighted by molar-refractivity contribution is 0.138. The Kier molecular flexibility index (Phi) is 20.8. The summed E-state index contributed by atoms with van der Waals surface area (Å²) in [6.45, 7) is 4.57. The van der Waals surface area contributed by atoms with Crippen molar-refractivity contribution in [2.75, 3.05) is 13.2 Å². The Labute approximate surface area is 124 Å². The fourth-order valence-corrected chi connectivity index (χ4v) is 1.78. The van der Waals surface area contributed by atoms with Gasteiger partial charge in [-0.05, 0) is 38.5 Å². The van der Waals surface area contributed by atoms with Gasteiger partial charge in [-0.15, -0.1) is 0 Å². The fraction of sp³-hybridized carbons (Fsp3) is 1.00. The molecule has 4 nitrogen and oxygen atoms in total. The topological polar surface area (TPSA) is 80.9 Å². The van der Waals surface area contributed by atoms with E-state index in [1.807, 2.05) is 6.92 Å². The van der Waals surface area contributed by atoms with E-state index in [0.29, 0.717) is 0 Å². The van der Waals surface area contributed by atoms with E-state index in [1.54, 1.807) is 0 Å². The highest BCUT2D eigenvalue weighted by Crippen LogP contribution is 2.06. The van der Waals surface area contributed by atoms with Gasteiger partial charge in [0.1, 0.15) is 0 Å². The van der Waals surface area contributed by atoms with Crippen LogP contribution in [0, 0.1) is 0 Å². The lowest BCUT2D eigenvalue weighted by atomic mass is 10.1. The third kappa shape index (κ3) is 20.2. The summed E-state index contributed by atoms with van der Waals surface area (Å²) in [4.78, 5) is 0. The van der Waals surface area contributed by atoms with Crippen LogP contribution in [0.1, 0.15) is 78.1 Å². The SMILES string of the molecule is CCC(O)CCCCCO.CCCCC(O)CCCO. The predicted molar refractivity (Wildman–Crippen MR) is 83.7 cm³/mol. The highest BCUT2D eigenvalue weighted by molar-refractivity contribution is 4.54. The Morgan fingerprint density at radius 2 is 1.20 bits per heavy atom. The summed E-state index contributed by atoms with van der Waals surface area (Å²) in [5.41, 5.74) is 0. The van der Waals surface area contributed by atoms with Crippen molar-refractivity contribution in [3.05, 3.63) is 0 Å². The van der Waals surface area contributed by atoms with Gasteiger partial charge in [0.2, 0.25) is 0 Å². The molecule has 0 aliphatic rings. The van der Waals surface area contributed by atoms with Crippen LogP contribution >= 0.6 is 0 Å². The van der Waals surface area contributed by atoms with Crippen molar-refractivity contribution in [1.29, 1.82) is 0 Å². The first kappa shape index (κ1) is 22.1. The zero-order valence-corrected chi connectivity index (χ0v) is 13.4. The second-order valence-electron chi connectivity index (χ2n) is 5.30. The molecule has 0 amide bonds. The highest BCUT2D eigenvalue weighted by atomic mass is 16.3. The predicted octanol–water partition coefficient (Wildman–Crippen LogP) is 2.62. The van der Waals surface area contributed by atoms with Crippen LogP contribution in [0.2, 0.25) is 0 Å². The largest absolute Gasteiger partial charge is 0.396 e. The summed E-state index contributed by atoms with van der Waals surface area (Å²) < 4.78 is 0. The maximum absolute atomic E-state index is 9.20. The van der Waals surface area contributed by atoms with Gasteiger partial charge in [0, 0.05) is 13.2 Å². The molecule has 0 fully saturated rings. The van der Waals surface area contributed by atoms with E-state index in [0.717, 1.165) is 64.2 Å². The minimum atomic E-state index is -0.188. The lowest BCUT2D eigenvalue weighted by Gasteiger charge is -2.07. The second kappa shape index (κ2) is 18.8. The standard InChI is InChI=1S/2C8H18O2/c1-2-8(10)6-4-3-5-7-9;1-2-3-5-8(10)6-4-7-9/h2*8-10H,2-7H2,1H3. The lowest BCUT2D eigenvalue weighted by Crippen LogP contribution is -2.06. The maximum Gasteiger partial charge on any atom is 0.0541 e. The molecular formula is C16H36O4. The van der Waals surface area contributed by atoms with Crippen molar-refractivity contribution in [3.63, 3.8) is 0 Å². The molecular weight excluding hydrogens is 256 g/mol. The summed E-state index contributed by atoms with van der Waals surface area (Å²) in [5, 5.41) is 35.2. The highest BCUT2D eigenvalue weighted by Gasteiger charge is 2.01. The number of unbranched alkanes of at least 4 members (excludes halogenated alkanes) is 3. The molecule has 0 spiro atoms. The van der Waals surface area contributed by atoms with E-state index in [1.165, 1.54) is 0 Å². The molecule has 0 radical (unpaired) electrons. The maximum atomic E-state index is 9.20. The van der Waals surface area contributed by atoms with Crippen molar-refractivity contribution >= 4 is 0 Å². The van der Waals surface area contributed by atoms with Gasteiger partial charge in [-0.1, -0.05) is 39.5 Å². The van der Waals surface area contributed by atoms with Gasteiger partial charge in [-0.2, -0.15) is 0 Å². The van der Waals surface area contributed by atoms with E-state index in [-0.39, 0.29) is 25.4 Å². The monoisotopic (exact) mass is 292 g/mol. The number of rotatable bonds is 12. The number of hydrogen-bond donors (Lipinski definition) is 4. The summed E-state index contributed by atoms with van der Waals surface area (Å²) in [6.07, 6.45) is 8.95. The van der Waals surface area contributed by atoms with Crippen molar-refractivity contribution in [2.45, 2.75) is 90.3 Å². The quantitative estimate of drug-likeness (QED) is 0.417. The second-order valence-corrected chi connectivity index (χ2v) is 5.30. The van der Waals surface area contributed by atoms with Crippen molar-refractivity contribution < 1.29 is 20.4 Å². The summed E-state index contributed by atoms with van der Waals surface area (Å²) in [6, 6.07) is 0. The van der Waals surface area contributed by atoms with Crippen molar-refractivity contribution in [3.8, 4) is 0 Å². The van der Waals surface area contributed by atoms with E-state index in [4.69, 9.17) is 15.3 Å². The molecule has 0 heterocycles. The molecule has 124 valence electrons. The van der Waals surface area contributed by atoms with Gasteiger partial charge in [0.25, 0.3) is 0 Å². The Morgan fingerprint density at radius 3 is 1.70 bits per heavy atom. The van der Waals surface area contributed by atoms with Crippen molar-refractivity contribution in [2.24, 2.45) is 0 Å². The molecule has 0 aliphatic heterocycles. The molecule has 4 heteroatoms. The van der Waals surface area contributed by atoms with Crippen LogP contribution in [-0.4, -0.2) is 45.8 Å². The summed E-state index contributed by atoms with van der Waals surface area (Å²) in [5.74, 6) is 0. The fourth-order valence-electron chi connectivity index (χ4n) is 1.78. The van der Waals surface area contributed by atoms with E-state index in [2.05, 4.69) is 6.92 Å². The van der Waals surface area contributed by atoms with Gasteiger partial charge in [-0.3, -0.25) is 0 Å². The normalized spacial score (nSPS) is 13.5. The molecule has 20 heavy (non-hydrogen) atoms. The Morgan fingerprint density at radius 1 is 0.650 bits per heavy atom. The molecule has 2 unspecified atom stereocenters. The number of hydrogen-bond acceptors (Lipinski definition) is 4. The summed E-state index contributed by atoms with van der Waals surface area (Å²) >= 11 is 0. The molecule has 0 aromatic rings. The Bertz CT molecular complexity index is 157. The summed E-state index contributed by atoms with van der Waals surface area (Å²) in [7, 11) is 0. The number of aliphatic hydroxyl groups excluding tert-OH is 4.